The van der Waals surface area contributed by atoms with Crippen LogP contribution in [-0.4, -0.2) is 25.6 Å². The molecule has 4 saturated carbocycles. The summed E-state index contributed by atoms with van der Waals surface area (Å²) >= 11 is 0. The van der Waals surface area contributed by atoms with Gasteiger partial charge in [0.05, 0.1) is 6.10 Å². The number of fused-ring (bicyclic) bond motifs is 5. The van der Waals surface area contributed by atoms with Crippen molar-refractivity contribution in [2.24, 2.45) is 40.4 Å². The van der Waals surface area contributed by atoms with Gasteiger partial charge >= 0.3 is 0 Å². The summed E-state index contributed by atoms with van der Waals surface area (Å²) in [6.07, 6.45) is 13.9. The van der Waals surface area contributed by atoms with Gasteiger partial charge in [-0.15, -0.1) is 0 Å². The lowest BCUT2D eigenvalue weighted by molar-refractivity contribution is -0.136. The summed E-state index contributed by atoms with van der Waals surface area (Å²) < 4.78 is 6.93. The summed E-state index contributed by atoms with van der Waals surface area (Å²) in [7, 11) is -1.68. The largest absolute Gasteiger partial charge is 0.414 e. The zero-order chi connectivity index (χ0) is 22.8. The maximum absolute atomic E-state index is 10.6. The molecule has 1 N–H and O–H groups in total. The van der Waals surface area contributed by atoms with Crippen LogP contribution in [0.2, 0.25) is 18.1 Å². The van der Waals surface area contributed by atoms with E-state index >= 15 is 0 Å². The molecule has 0 aliphatic heterocycles. The average Bonchev–Trinajstić information content (AvgIpc) is 3.07. The van der Waals surface area contributed by atoms with Gasteiger partial charge in [-0.3, -0.25) is 0 Å². The highest BCUT2D eigenvalue weighted by molar-refractivity contribution is 6.74. The Morgan fingerprint density at radius 2 is 1.71 bits per heavy atom. The lowest BCUT2D eigenvalue weighted by atomic mass is 9.44. The van der Waals surface area contributed by atoms with Gasteiger partial charge < -0.3 is 9.53 Å². The minimum Gasteiger partial charge on any atom is -0.414 e. The van der Waals surface area contributed by atoms with E-state index in [0.29, 0.717) is 27.9 Å². The van der Waals surface area contributed by atoms with Gasteiger partial charge in [-0.25, -0.2) is 0 Å². The first-order valence-electron chi connectivity index (χ1n) is 13.7. The Hall–Kier alpha value is 0.137. The van der Waals surface area contributed by atoms with Crippen molar-refractivity contribution in [3.63, 3.8) is 0 Å². The van der Waals surface area contributed by atoms with Crippen LogP contribution in [0.3, 0.4) is 0 Å². The maximum atomic E-state index is 10.6. The first-order valence-corrected chi connectivity index (χ1v) is 16.6. The molecule has 3 heteroatoms. The molecule has 180 valence electrons. The summed E-state index contributed by atoms with van der Waals surface area (Å²) in [5.41, 5.74) is 0.959. The predicted molar refractivity (Wildman–Crippen MR) is 134 cm³/mol. The number of hydrogen-bond donors (Lipinski definition) is 1. The summed E-state index contributed by atoms with van der Waals surface area (Å²) in [5.74, 6) is 4.10. The first kappa shape index (κ1) is 24.3. The molecule has 2 nitrogen and oxygen atoms in total. The van der Waals surface area contributed by atoms with E-state index in [4.69, 9.17) is 4.43 Å². The minimum atomic E-state index is -1.68. The SMILES string of the molecule is CC[C@]12CC[C@H]3[C@@H](CC[C@@H]4CC(O[Si](C)(C)C(C)(C)C)CC[C@@]43C)[C@@H]1CC[C@@H]2[C@H](C)O. The van der Waals surface area contributed by atoms with Gasteiger partial charge in [0.15, 0.2) is 8.32 Å². The van der Waals surface area contributed by atoms with Crippen molar-refractivity contribution in [1.29, 1.82) is 0 Å². The van der Waals surface area contributed by atoms with Crippen molar-refractivity contribution in [2.45, 2.75) is 136 Å². The maximum Gasteiger partial charge on any atom is 0.192 e. The topological polar surface area (TPSA) is 29.5 Å². The fourth-order valence-electron chi connectivity index (χ4n) is 9.19. The molecule has 0 heterocycles. The fraction of sp³-hybridized carbons (Fsp3) is 1.00. The zero-order valence-electron chi connectivity index (χ0n) is 22.0. The highest BCUT2D eigenvalue weighted by atomic mass is 28.4. The van der Waals surface area contributed by atoms with Crippen LogP contribution in [0.5, 0.6) is 0 Å². The molecule has 0 radical (unpaired) electrons. The molecule has 4 aliphatic carbocycles. The van der Waals surface area contributed by atoms with Crippen LogP contribution < -0.4 is 0 Å². The van der Waals surface area contributed by atoms with E-state index in [1.54, 1.807) is 0 Å². The van der Waals surface area contributed by atoms with Crippen molar-refractivity contribution >= 4 is 8.32 Å². The van der Waals surface area contributed by atoms with Crippen LogP contribution in [0.15, 0.2) is 0 Å². The monoisotopic (exact) mass is 448 g/mol. The Balaban J connectivity index is 1.50. The van der Waals surface area contributed by atoms with Crippen LogP contribution >= 0.6 is 0 Å². The van der Waals surface area contributed by atoms with E-state index in [0.717, 1.165) is 23.7 Å². The van der Waals surface area contributed by atoms with Crippen LogP contribution in [0, 0.1) is 40.4 Å². The van der Waals surface area contributed by atoms with Gasteiger partial charge in [0.1, 0.15) is 0 Å². The first-order chi connectivity index (χ1) is 14.4. The zero-order valence-corrected chi connectivity index (χ0v) is 23.0. The number of rotatable bonds is 4. The molecule has 0 saturated heterocycles. The summed E-state index contributed by atoms with van der Waals surface area (Å²) in [4.78, 5) is 0. The van der Waals surface area contributed by atoms with Gasteiger partial charge in [0.2, 0.25) is 0 Å². The summed E-state index contributed by atoms with van der Waals surface area (Å²) in [6, 6.07) is 0. The third-order valence-corrected chi connectivity index (χ3v) is 16.4. The molecule has 4 aliphatic rings. The van der Waals surface area contributed by atoms with Crippen molar-refractivity contribution in [3.8, 4) is 0 Å². The molecule has 4 rings (SSSR count). The van der Waals surface area contributed by atoms with Crippen LogP contribution in [0.1, 0.15) is 106 Å². The molecule has 0 aromatic carbocycles. The smallest absolute Gasteiger partial charge is 0.192 e. The van der Waals surface area contributed by atoms with Gasteiger partial charge in [0.25, 0.3) is 0 Å². The molecule has 0 aromatic rings. The van der Waals surface area contributed by atoms with Gasteiger partial charge in [-0.1, -0.05) is 34.6 Å². The number of aliphatic hydroxyl groups excluding tert-OH is 1. The number of aliphatic hydroxyl groups is 1. The van der Waals surface area contributed by atoms with Crippen molar-refractivity contribution in [1.82, 2.24) is 0 Å². The lowest BCUT2D eigenvalue weighted by Crippen LogP contribution is -2.56. The fourth-order valence-corrected chi connectivity index (χ4v) is 10.6. The normalized spacial score (nSPS) is 46.7. The molecule has 9 atom stereocenters. The Labute approximate surface area is 194 Å². The Morgan fingerprint density at radius 3 is 2.32 bits per heavy atom. The molecule has 0 bridgehead atoms. The molecule has 0 aromatic heterocycles. The quantitative estimate of drug-likeness (QED) is 0.444. The Morgan fingerprint density at radius 1 is 1.00 bits per heavy atom. The molecule has 0 amide bonds. The third-order valence-electron chi connectivity index (χ3n) is 11.9. The highest BCUT2D eigenvalue weighted by Gasteiger charge is 2.61. The second-order valence-electron chi connectivity index (χ2n) is 14.0. The van der Waals surface area contributed by atoms with Gasteiger partial charge in [-0.2, -0.15) is 0 Å². The van der Waals surface area contributed by atoms with Crippen molar-refractivity contribution in [2.75, 3.05) is 0 Å². The van der Waals surface area contributed by atoms with E-state index in [-0.39, 0.29) is 6.10 Å². The van der Waals surface area contributed by atoms with Crippen LogP contribution in [-0.2, 0) is 4.43 Å². The second-order valence-corrected chi connectivity index (χ2v) is 18.7. The Bertz CT molecular complexity index is 652. The van der Waals surface area contributed by atoms with Crippen LogP contribution in [0.25, 0.3) is 0 Å². The van der Waals surface area contributed by atoms with E-state index in [9.17, 15) is 5.11 Å². The highest BCUT2D eigenvalue weighted by Crippen LogP contribution is 2.69. The second kappa shape index (κ2) is 8.12. The van der Waals surface area contributed by atoms with Gasteiger partial charge in [0, 0.05) is 6.10 Å². The standard InChI is InChI=1S/C28H52O2Si/c1-9-28-17-15-24-22(25(28)13-12-23(28)19(2)29)11-10-20-18-21(14-16-27(20,24)6)30-31(7,8)26(3,4)5/h19-25,29H,9-18H2,1-8H3/t19-,20+,21?,22+,23+,24-,25-,27-,28+/m0/s1. The molecular weight excluding hydrogens is 396 g/mol. The number of hydrogen-bond acceptors (Lipinski definition) is 2. The summed E-state index contributed by atoms with van der Waals surface area (Å²) in [5, 5.41) is 10.9. The van der Waals surface area contributed by atoms with E-state index in [2.05, 4.69) is 54.6 Å². The molecular formula is C28H52O2Si. The van der Waals surface area contributed by atoms with Gasteiger partial charge in [-0.05, 0) is 130 Å². The van der Waals surface area contributed by atoms with E-state index in [1.807, 2.05) is 0 Å². The molecule has 1 unspecified atom stereocenters. The molecule has 0 spiro atoms. The predicted octanol–water partition coefficient (Wildman–Crippen LogP) is 7.81. The molecule has 4 fully saturated rings. The minimum absolute atomic E-state index is 0.128. The lowest BCUT2D eigenvalue weighted by Gasteiger charge is -2.62. The average molecular weight is 449 g/mol. The molecule has 31 heavy (non-hydrogen) atoms. The van der Waals surface area contributed by atoms with E-state index < -0.39 is 8.32 Å². The third kappa shape index (κ3) is 3.81. The Kier molecular flexibility index (Phi) is 6.36. The van der Waals surface area contributed by atoms with Crippen molar-refractivity contribution < 1.29 is 9.53 Å². The van der Waals surface area contributed by atoms with Crippen LogP contribution in [0.4, 0.5) is 0 Å². The van der Waals surface area contributed by atoms with Crippen molar-refractivity contribution in [3.05, 3.63) is 0 Å². The summed E-state index contributed by atoms with van der Waals surface area (Å²) in [6.45, 7) is 19.2. The van der Waals surface area contributed by atoms with E-state index in [1.165, 1.54) is 64.2 Å².